The lowest BCUT2D eigenvalue weighted by atomic mass is 10.2. The monoisotopic (exact) mass is 402 g/mol. The van der Waals surface area contributed by atoms with E-state index in [-0.39, 0.29) is 18.1 Å². The Kier molecular flexibility index (Phi) is 5.63. The number of amides is 1. The zero-order chi connectivity index (χ0) is 19.3. The maximum atomic E-state index is 14.4. The number of morpholine rings is 1. The third kappa shape index (κ3) is 4.37. The number of nitrogens with one attached hydrogen (secondary N) is 1. The molecule has 1 amide bonds. The zero-order valence-corrected chi connectivity index (χ0v) is 15.9. The molecule has 0 unspecified atom stereocenters. The fraction of sp³-hybridized carbons (Fsp3) is 0.316. The molecule has 0 saturated carbocycles. The Labute approximate surface area is 165 Å². The first-order valence-corrected chi connectivity index (χ1v) is 9.90. The standard InChI is InChI=1S/C19H19FN4O3S/c20-15-11-14(1-2-16(15)24-6-8-26-9-7-24)21-17(25)3-4-18-22-19(23-27-18)13-5-10-28-12-13/h1-2,5,10-12H,3-4,6-9H2,(H,21,25). The van der Waals surface area contributed by atoms with E-state index in [9.17, 15) is 9.18 Å². The lowest BCUT2D eigenvalue weighted by Crippen LogP contribution is -2.36. The average molecular weight is 402 g/mol. The third-order valence-corrected chi connectivity index (χ3v) is 5.08. The highest BCUT2D eigenvalue weighted by Gasteiger charge is 2.16. The molecule has 146 valence electrons. The van der Waals surface area contributed by atoms with Gasteiger partial charge in [-0.2, -0.15) is 16.3 Å². The van der Waals surface area contributed by atoms with Crippen molar-refractivity contribution in [2.45, 2.75) is 12.8 Å². The molecule has 0 spiro atoms. The van der Waals surface area contributed by atoms with Gasteiger partial charge in [-0.25, -0.2) is 4.39 Å². The van der Waals surface area contributed by atoms with Crippen molar-refractivity contribution in [3.8, 4) is 11.4 Å². The van der Waals surface area contributed by atoms with E-state index < -0.39 is 0 Å². The lowest BCUT2D eigenvalue weighted by molar-refractivity contribution is -0.116. The van der Waals surface area contributed by atoms with Crippen LogP contribution in [0.2, 0.25) is 0 Å². The summed E-state index contributed by atoms with van der Waals surface area (Å²) < 4.78 is 24.9. The Bertz CT molecular complexity index is 939. The van der Waals surface area contributed by atoms with Gasteiger partial charge in [0, 0.05) is 42.6 Å². The predicted octanol–water partition coefficient (Wildman–Crippen LogP) is 3.35. The summed E-state index contributed by atoms with van der Waals surface area (Å²) in [6.45, 7) is 2.48. The van der Waals surface area contributed by atoms with Crippen molar-refractivity contribution in [2.75, 3.05) is 36.5 Å². The van der Waals surface area contributed by atoms with Crippen molar-refractivity contribution < 1.29 is 18.4 Å². The molecule has 4 rings (SSSR count). The Morgan fingerprint density at radius 1 is 1.29 bits per heavy atom. The summed E-state index contributed by atoms with van der Waals surface area (Å²) in [4.78, 5) is 18.4. The minimum atomic E-state index is -0.364. The van der Waals surface area contributed by atoms with Crippen molar-refractivity contribution >= 4 is 28.6 Å². The second-order valence-corrected chi connectivity index (χ2v) is 7.12. The highest BCUT2D eigenvalue weighted by atomic mass is 32.1. The number of halogens is 1. The molecular weight excluding hydrogens is 383 g/mol. The van der Waals surface area contributed by atoms with Crippen LogP contribution in [0.25, 0.3) is 11.4 Å². The summed E-state index contributed by atoms with van der Waals surface area (Å²) in [7, 11) is 0. The van der Waals surface area contributed by atoms with Gasteiger partial charge in [-0.05, 0) is 29.6 Å². The third-order valence-electron chi connectivity index (χ3n) is 4.40. The number of hydrogen-bond acceptors (Lipinski definition) is 7. The van der Waals surface area contributed by atoms with Gasteiger partial charge in [0.2, 0.25) is 17.6 Å². The number of carbonyl (C=O) groups is 1. The minimum Gasteiger partial charge on any atom is -0.378 e. The number of carbonyl (C=O) groups excluding carboxylic acids is 1. The van der Waals surface area contributed by atoms with Crippen molar-refractivity contribution in [3.05, 3.63) is 46.7 Å². The maximum absolute atomic E-state index is 14.4. The minimum absolute atomic E-state index is 0.165. The molecule has 2 aromatic heterocycles. The number of ether oxygens (including phenoxy) is 1. The fourth-order valence-electron chi connectivity index (χ4n) is 2.95. The fourth-order valence-corrected chi connectivity index (χ4v) is 3.59. The molecule has 0 atom stereocenters. The normalized spacial score (nSPS) is 14.2. The highest BCUT2D eigenvalue weighted by Crippen LogP contribution is 2.24. The average Bonchev–Trinajstić information content (AvgIpc) is 3.39. The van der Waals surface area contributed by atoms with Gasteiger partial charge in [-0.15, -0.1) is 0 Å². The van der Waals surface area contributed by atoms with E-state index in [1.165, 1.54) is 6.07 Å². The topological polar surface area (TPSA) is 80.5 Å². The molecule has 1 aliphatic heterocycles. The summed E-state index contributed by atoms with van der Waals surface area (Å²) in [5, 5.41) is 10.5. The van der Waals surface area contributed by atoms with Gasteiger partial charge in [0.1, 0.15) is 5.82 Å². The Morgan fingerprint density at radius 2 is 2.14 bits per heavy atom. The number of aromatic nitrogens is 2. The van der Waals surface area contributed by atoms with Crippen molar-refractivity contribution in [3.63, 3.8) is 0 Å². The molecule has 9 heteroatoms. The van der Waals surface area contributed by atoms with E-state index in [0.717, 1.165) is 5.56 Å². The molecule has 0 radical (unpaired) electrons. The van der Waals surface area contributed by atoms with Gasteiger partial charge >= 0.3 is 0 Å². The van der Waals surface area contributed by atoms with Gasteiger partial charge in [-0.1, -0.05) is 5.16 Å². The number of aryl methyl sites for hydroxylation is 1. The molecule has 3 aromatic rings. The molecule has 1 aliphatic rings. The van der Waals surface area contributed by atoms with Gasteiger partial charge in [0.15, 0.2) is 0 Å². The second-order valence-electron chi connectivity index (χ2n) is 6.34. The summed E-state index contributed by atoms with van der Waals surface area (Å²) in [5.41, 5.74) is 1.83. The summed E-state index contributed by atoms with van der Waals surface area (Å²) in [5.74, 6) is 0.299. The van der Waals surface area contributed by atoms with Gasteiger partial charge in [0.05, 0.1) is 18.9 Å². The van der Waals surface area contributed by atoms with Crippen LogP contribution in [0.5, 0.6) is 0 Å². The second kappa shape index (κ2) is 8.49. The first-order chi connectivity index (χ1) is 13.7. The molecule has 7 nitrogen and oxygen atoms in total. The number of thiophene rings is 1. The number of anilines is 2. The van der Waals surface area contributed by atoms with Crippen molar-refractivity contribution in [2.24, 2.45) is 0 Å². The maximum Gasteiger partial charge on any atom is 0.227 e. The Hall–Kier alpha value is -2.78. The van der Waals surface area contributed by atoms with Crippen molar-refractivity contribution in [1.29, 1.82) is 0 Å². The van der Waals surface area contributed by atoms with Crippen LogP contribution in [0.4, 0.5) is 15.8 Å². The molecule has 1 aromatic carbocycles. The highest BCUT2D eigenvalue weighted by molar-refractivity contribution is 7.08. The van der Waals surface area contributed by atoms with Crippen LogP contribution in [0.15, 0.2) is 39.5 Å². The molecule has 28 heavy (non-hydrogen) atoms. The van der Waals surface area contributed by atoms with E-state index in [4.69, 9.17) is 9.26 Å². The molecule has 1 saturated heterocycles. The first-order valence-electron chi connectivity index (χ1n) is 8.96. The van der Waals surface area contributed by atoms with E-state index in [1.54, 1.807) is 23.5 Å². The predicted molar refractivity (Wildman–Crippen MR) is 104 cm³/mol. The van der Waals surface area contributed by atoms with Crippen LogP contribution in [-0.2, 0) is 16.0 Å². The van der Waals surface area contributed by atoms with Crippen LogP contribution >= 0.6 is 11.3 Å². The number of nitrogens with zero attached hydrogens (tertiary/aromatic N) is 3. The van der Waals surface area contributed by atoms with Gasteiger partial charge < -0.3 is 19.5 Å². The largest absolute Gasteiger partial charge is 0.378 e. The Balaban J connectivity index is 1.32. The van der Waals surface area contributed by atoms with E-state index >= 15 is 0 Å². The first kappa shape index (κ1) is 18.6. The molecule has 0 aliphatic carbocycles. The van der Waals surface area contributed by atoms with Gasteiger partial charge in [-0.3, -0.25) is 4.79 Å². The number of benzene rings is 1. The summed E-state index contributed by atoms with van der Waals surface area (Å²) in [6, 6.07) is 6.62. The molecule has 3 heterocycles. The quantitative estimate of drug-likeness (QED) is 0.681. The number of rotatable bonds is 6. The molecule has 0 bridgehead atoms. The van der Waals surface area contributed by atoms with E-state index in [1.807, 2.05) is 21.7 Å². The van der Waals surface area contributed by atoms with Crippen LogP contribution in [0, 0.1) is 5.82 Å². The molecule has 1 N–H and O–H groups in total. The summed E-state index contributed by atoms with van der Waals surface area (Å²) in [6.07, 6.45) is 0.482. The number of hydrogen-bond donors (Lipinski definition) is 1. The smallest absolute Gasteiger partial charge is 0.227 e. The summed E-state index contributed by atoms with van der Waals surface area (Å²) >= 11 is 1.55. The van der Waals surface area contributed by atoms with Crippen molar-refractivity contribution in [1.82, 2.24) is 10.1 Å². The van der Waals surface area contributed by atoms with Crippen LogP contribution in [0.1, 0.15) is 12.3 Å². The molecule has 1 fully saturated rings. The molecular formula is C19H19FN4O3S. The van der Waals surface area contributed by atoms with Crippen LogP contribution < -0.4 is 10.2 Å². The van der Waals surface area contributed by atoms with Crippen LogP contribution in [-0.4, -0.2) is 42.4 Å². The lowest BCUT2D eigenvalue weighted by Gasteiger charge is -2.29. The van der Waals surface area contributed by atoms with Gasteiger partial charge in [0.25, 0.3) is 0 Å². The SMILES string of the molecule is O=C(CCc1nc(-c2ccsc2)no1)Nc1ccc(N2CCOCC2)c(F)c1. The van der Waals surface area contributed by atoms with E-state index in [0.29, 0.717) is 55.8 Å². The van der Waals surface area contributed by atoms with Crippen LogP contribution in [0.3, 0.4) is 0 Å². The Morgan fingerprint density at radius 3 is 2.89 bits per heavy atom. The van der Waals surface area contributed by atoms with E-state index in [2.05, 4.69) is 15.5 Å². The zero-order valence-electron chi connectivity index (χ0n) is 15.1.